The number of thiophene rings is 1. The van der Waals surface area contributed by atoms with Crippen LogP contribution < -0.4 is 10.6 Å². The van der Waals surface area contributed by atoms with Crippen LogP contribution in [0.4, 0.5) is 11.4 Å². The highest BCUT2D eigenvalue weighted by Gasteiger charge is 2.20. The van der Waals surface area contributed by atoms with Gasteiger partial charge in [0.15, 0.2) is 0 Å². The number of aromatic nitrogens is 3. The number of anilines is 2. The predicted molar refractivity (Wildman–Crippen MR) is 127 cm³/mol. The quantitative estimate of drug-likeness (QED) is 0.343. The smallest absolute Gasteiger partial charge is 0.267 e. The Hall–Kier alpha value is -2.91. The van der Waals surface area contributed by atoms with Gasteiger partial charge in [-0.3, -0.25) is 9.59 Å². The molecule has 4 rings (SSSR count). The molecule has 4 aromatic rings. The van der Waals surface area contributed by atoms with Crippen molar-refractivity contribution in [2.45, 2.75) is 6.54 Å². The van der Waals surface area contributed by atoms with Crippen LogP contribution in [0.5, 0.6) is 0 Å². The first-order valence-electron chi connectivity index (χ1n) is 9.18. The second-order valence-corrected chi connectivity index (χ2v) is 8.74. The molecule has 0 atom stereocenters. The van der Waals surface area contributed by atoms with Crippen LogP contribution in [-0.2, 0) is 6.54 Å². The highest BCUT2D eigenvalue weighted by atomic mass is 35.5. The van der Waals surface area contributed by atoms with E-state index in [2.05, 4.69) is 20.9 Å². The van der Waals surface area contributed by atoms with Crippen LogP contribution in [0.15, 0.2) is 60.2 Å². The molecule has 0 aliphatic rings. The third-order valence-corrected chi connectivity index (χ3v) is 6.45. The lowest BCUT2D eigenvalue weighted by molar-refractivity contribution is 0.102. The molecule has 2 aromatic heterocycles. The lowest BCUT2D eigenvalue weighted by Gasteiger charge is -2.12. The maximum absolute atomic E-state index is 12.9. The SMILES string of the molecule is O=C(Nc1ccc(Cl)cc1)c1cc(Cl)ccc1NC(=O)c1scc(Cn2ccnn2)c1Cl. The second-order valence-electron chi connectivity index (χ2n) is 6.61. The molecule has 0 radical (unpaired) electrons. The summed E-state index contributed by atoms with van der Waals surface area (Å²) in [4.78, 5) is 26.1. The van der Waals surface area contributed by atoms with E-state index < -0.39 is 11.8 Å². The Kier molecular flexibility index (Phi) is 6.76. The number of hydrogen-bond acceptors (Lipinski definition) is 5. The first kappa shape index (κ1) is 22.3. The molecule has 32 heavy (non-hydrogen) atoms. The summed E-state index contributed by atoms with van der Waals surface area (Å²) in [6.45, 7) is 0.387. The van der Waals surface area contributed by atoms with Crippen LogP contribution in [0.25, 0.3) is 0 Å². The van der Waals surface area contributed by atoms with Gasteiger partial charge in [-0.1, -0.05) is 40.0 Å². The van der Waals surface area contributed by atoms with Crippen molar-refractivity contribution in [3.8, 4) is 0 Å². The molecule has 0 saturated carbocycles. The fourth-order valence-electron chi connectivity index (χ4n) is 2.85. The van der Waals surface area contributed by atoms with Crippen LogP contribution in [0.3, 0.4) is 0 Å². The third-order valence-electron chi connectivity index (χ3n) is 4.39. The summed E-state index contributed by atoms with van der Waals surface area (Å²) < 4.78 is 1.61. The van der Waals surface area contributed by atoms with Gasteiger partial charge in [0.25, 0.3) is 11.8 Å². The van der Waals surface area contributed by atoms with Crippen molar-refractivity contribution >= 4 is 69.3 Å². The van der Waals surface area contributed by atoms with Crippen molar-refractivity contribution in [1.82, 2.24) is 15.0 Å². The Bertz CT molecular complexity index is 1270. The molecule has 2 aromatic carbocycles. The molecule has 0 aliphatic heterocycles. The molecule has 2 amide bonds. The Morgan fingerprint density at radius 3 is 2.44 bits per heavy atom. The van der Waals surface area contributed by atoms with Crippen molar-refractivity contribution in [2.75, 3.05) is 10.6 Å². The van der Waals surface area contributed by atoms with Crippen LogP contribution in [0, 0.1) is 0 Å². The van der Waals surface area contributed by atoms with Crippen molar-refractivity contribution in [3.05, 3.63) is 91.3 Å². The largest absolute Gasteiger partial charge is 0.322 e. The summed E-state index contributed by atoms with van der Waals surface area (Å²) in [7, 11) is 0. The molecular formula is C21H14Cl3N5O2S. The molecule has 0 fully saturated rings. The minimum Gasteiger partial charge on any atom is -0.322 e. The van der Waals surface area contributed by atoms with Gasteiger partial charge >= 0.3 is 0 Å². The summed E-state index contributed by atoms with van der Waals surface area (Å²) in [6, 6.07) is 11.3. The van der Waals surface area contributed by atoms with Crippen molar-refractivity contribution in [1.29, 1.82) is 0 Å². The van der Waals surface area contributed by atoms with Gasteiger partial charge in [-0.2, -0.15) is 0 Å². The molecule has 0 bridgehead atoms. The number of carbonyl (C=O) groups excluding carboxylic acids is 2. The normalized spacial score (nSPS) is 10.7. The van der Waals surface area contributed by atoms with E-state index in [-0.39, 0.29) is 5.56 Å². The van der Waals surface area contributed by atoms with E-state index in [0.29, 0.717) is 37.9 Å². The first-order chi connectivity index (χ1) is 15.4. The number of carbonyl (C=O) groups is 2. The molecule has 0 unspecified atom stereocenters. The van der Waals surface area contributed by atoms with E-state index in [9.17, 15) is 9.59 Å². The number of nitrogens with one attached hydrogen (secondary N) is 2. The minimum absolute atomic E-state index is 0.205. The number of amides is 2. The highest BCUT2D eigenvalue weighted by Crippen LogP contribution is 2.30. The van der Waals surface area contributed by atoms with E-state index in [0.717, 1.165) is 5.56 Å². The summed E-state index contributed by atoms with van der Waals surface area (Å²) in [5.41, 5.74) is 1.80. The number of nitrogens with zero attached hydrogens (tertiary/aromatic N) is 3. The zero-order valence-electron chi connectivity index (χ0n) is 16.2. The van der Waals surface area contributed by atoms with Gasteiger partial charge < -0.3 is 10.6 Å². The van der Waals surface area contributed by atoms with E-state index in [4.69, 9.17) is 34.8 Å². The maximum Gasteiger partial charge on any atom is 0.267 e. The van der Waals surface area contributed by atoms with Crippen LogP contribution in [0.1, 0.15) is 25.6 Å². The second kappa shape index (κ2) is 9.70. The van der Waals surface area contributed by atoms with E-state index in [1.807, 2.05) is 0 Å². The summed E-state index contributed by atoms with van der Waals surface area (Å²) in [5, 5.41) is 16.2. The molecular weight excluding hydrogens is 493 g/mol. The van der Waals surface area contributed by atoms with Gasteiger partial charge in [0.2, 0.25) is 0 Å². The molecule has 7 nitrogen and oxygen atoms in total. The van der Waals surface area contributed by atoms with Gasteiger partial charge in [-0.25, -0.2) is 4.68 Å². The number of rotatable bonds is 6. The predicted octanol–water partition coefficient (Wildman–Crippen LogP) is 5.85. The highest BCUT2D eigenvalue weighted by molar-refractivity contribution is 7.13. The Balaban J connectivity index is 1.54. The molecule has 0 spiro atoms. The van der Waals surface area contributed by atoms with Crippen molar-refractivity contribution in [3.63, 3.8) is 0 Å². The van der Waals surface area contributed by atoms with Crippen LogP contribution >= 0.6 is 46.1 Å². The van der Waals surface area contributed by atoms with Gasteiger partial charge in [-0.15, -0.1) is 16.4 Å². The fourth-order valence-corrected chi connectivity index (χ4v) is 4.40. The van der Waals surface area contributed by atoms with Gasteiger partial charge in [0.05, 0.1) is 29.0 Å². The van der Waals surface area contributed by atoms with E-state index >= 15 is 0 Å². The minimum atomic E-state index is -0.437. The Morgan fingerprint density at radius 2 is 1.72 bits per heavy atom. The first-order valence-corrected chi connectivity index (χ1v) is 11.2. The summed E-state index contributed by atoms with van der Waals surface area (Å²) in [6.07, 6.45) is 3.26. The topological polar surface area (TPSA) is 88.9 Å². The van der Waals surface area contributed by atoms with Crippen molar-refractivity contribution < 1.29 is 9.59 Å². The number of benzene rings is 2. The number of hydrogen-bond donors (Lipinski definition) is 2. The zero-order chi connectivity index (χ0) is 22.7. The van der Waals surface area contributed by atoms with Crippen LogP contribution in [0.2, 0.25) is 15.1 Å². The third kappa shape index (κ3) is 5.11. The molecule has 11 heteroatoms. The van der Waals surface area contributed by atoms with Crippen LogP contribution in [-0.4, -0.2) is 26.8 Å². The molecule has 0 aliphatic carbocycles. The lowest BCUT2D eigenvalue weighted by Crippen LogP contribution is -2.18. The van der Waals surface area contributed by atoms with E-state index in [1.165, 1.54) is 17.4 Å². The summed E-state index contributed by atoms with van der Waals surface area (Å²) >= 11 is 19.6. The molecule has 2 N–H and O–H groups in total. The number of halogens is 3. The lowest BCUT2D eigenvalue weighted by atomic mass is 10.1. The Labute approximate surface area is 201 Å². The average molecular weight is 507 g/mol. The molecule has 162 valence electrons. The fraction of sp³-hybridized carbons (Fsp3) is 0.0476. The maximum atomic E-state index is 12.9. The average Bonchev–Trinajstić information content (AvgIpc) is 3.41. The standard InChI is InChI=1S/C21H14Cl3N5O2S/c22-13-1-4-15(5-2-13)26-20(30)16-9-14(23)3-6-17(16)27-21(31)19-18(24)12(11-32-19)10-29-8-7-25-28-29/h1-9,11H,10H2,(H,26,30)(H,27,31). The van der Waals surface area contributed by atoms with E-state index in [1.54, 1.807) is 58.9 Å². The van der Waals surface area contributed by atoms with Gasteiger partial charge in [-0.05, 0) is 47.8 Å². The Morgan fingerprint density at radius 1 is 0.969 bits per heavy atom. The van der Waals surface area contributed by atoms with Crippen molar-refractivity contribution in [2.24, 2.45) is 0 Å². The summed E-state index contributed by atoms with van der Waals surface area (Å²) in [5.74, 6) is -0.873. The zero-order valence-corrected chi connectivity index (χ0v) is 19.3. The van der Waals surface area contributed by atoms with Gasteiger partial charge in [0.1, 0.15) is 4.88 Å². The molecule has 2 heterocycles. The van der Waals surface area contributed by atoms with Gasteiger partial charge in [0, 0.05) is 27.5 Å². The molecule has 0 saturated heterocycles. The monoisotopic (exact) mass is 505 g/mol.